The molecule has 22 heavy (non-hydrogen) atoms. The minimum Gasteiger partial charge on any atom is -0.495 e. The Bertz CT molecular complexity index is 684. The maximum atomic E-state index is 12.6. The normalized spacial score (nSPS) is 12.8. The van der Waals surface area contributed by atoms with Crippen molar-refractivity contribution >= 4 is 22.0 Å². The molecule has 8 nitrogen and oxygen atoms in total. The summed E-state index contributed by atoms with van der Waals surface area (Å²) >= 11 is 0. The zero-order valence-corrected chi connectivity index (χ0v) is 13.4. The number of hydrogen-bond acceptors (Lipinski definition) is 6. The summed E-state index contributed by atoms with van der Waals surface area (Å²) in [6.07, 6.45) is 0. The molecule has 1 aromatic rings. The Labute approximate surface area is 128 Å². The topological polar surface area (TPSA) is 110 Å². The molecule has 0 bridgehead atoms. The minimum atomic E-state index is -4.17. The summed E-state index contributed by atoms with van der Waals surface area (Å²) < 4.78 is 35.3. The van der Waals surface area contributed by atoms with Gasteiger partial charge in [-0.3, -0.25) is 4.79 Å². The predicted molar refractivity (Wildman–Crippen MR) is 76.4 cm³/mol. The Kier molecular flexibility index (Phi) is 5.50. The van der Waals surface area contributed by atoms with Crippen molar-refractivity contribution in [2.45, 2.75) is 17.9 Å². The Hall–Kier alpha value is -2.13. The number of carboxylic acids is 1. The highest BCUT2D eigenvalue weighted by Crippen LogP contribution is 2.28. The van der Waals surface area contributed by atoms with Crippen molar-refractivity contribution in [3.05, 3.63) is 23.8 Å². The van der Waals surface area contributed by atoms with Crippen LogP contribution in [0.5, 0.6) is 5.75 Å². The molecule has 1 rings (SSSR count). The second-order valence-electron chi connectivity index (χ2n) is 4.39. The lowest BCUT2D eigenvalue weighted by Crippen LogP contribution is -2.40. The molecule has 1 N–H and O–H groups in total. The van der Waals surface area contributed by atoms with Crippen molar-refractivity contribution in [3.8, 4) is 5.75 Å². The first-order valence-electron chi connectivity index (χ1n) is 6.14. The van der Waals surface area contributed by atoms with Gasteiger partial charge in [0.25, 0.3) is 0 Å². The summed E-state index contributed by atoms with van der Waals surface area (Å²) in [5, 5.41) is 8.96. The summed E-state index contributed by atoms with van der Waals surface area (Å²) in [4.78, 5) is 22.2. The summed E-state index contributed by atoms with van der Waals surface area (Å²) in [5.74, 6) is -2.01. The van der Waals surface area contributed by atoms with E-state index >= 15 is 0 Å². The van der Waals surface area contributed by atoms with Crippen molar-refractivity contribution < 1.29 is 32.6 Å². The molecule has 0 aromatic heterocycles. The van der Waals surface area contributed by atoms with Crippen molar-refractivity contribution in [2.24, 2.45) is 0 Å². The second kappa shape index (κ2) is 6.75. The molecular formula is C13H17NO7S. The van der Waals surface area contributed by atoms with E-state index in [2.05, 4.69) is 4.74 Å². The monoisotopic (exact) mass is 331 g/mol. The molecule has 0 saturated carbocycles. The van der Waals surface area contributed by atoms with Crippen LogP contribution in [0.25, 0.3) is 0 Å². The highest BCUT2D eigenvalue weighted by Gasteiger charge is 2.32. The average molecular weight is 331 g/mol. The van der Waals surface area contributed by atoms with Crippen molar-refractivity contribution in [1.29, 1.82) is 0 Å². The fourth-order valence-electron chi connectivity index (χ4n) is 1.64. The first-order valence-corrected chi connectivity index (χ1v) is 7.58. The van der Waals surface area contributed by atoms with Crippen LogP contribution in [0.2, 0.25) is 0 Å². The van der Waals surface area contributed by atoms with Crippen LogP contribution in [0.1, 0.15) is 17.3 Å². The molecule has 0 saturated heterocycles. The number of sulfonamides is 1. The van der Waals surface area contributed by atoms with E-state index in [9.17, 15) is 18.0 Å². The fraction of sp³-hybridized carbons (Fsp3) is 0.385. The zero-order valence-electron chi connectivity index (χ0n) is 12.6. The Morgan fingerprint density at radius 3 is 2.32 bits per heavy atom. The quantitative estimate of drug-likeness (QED) is 0.759. The van der Waals surface area contributed by atoms with Crippen LogP contribution >= 0.6 is 0 Å². The highest BCUT2D eigenvalue weighted by molar-refractivity contribution is 7.89. The second-order valence-corrected chi connectivity index (χ2v) is 6.36. The molecule has 9 heteroatoms. The van der Waals surface area contributed by atoms with Gasteiger partial charge in [0.2, 0.25) is 10.0 Å². The fourth-order valence-corrected chi connectivity index (χ4v) is 3.14. The van der Waals surface area contributed by atoms with Crippen LogP contribution < -0.4 is 4.74 Å². The predicted octanol–water partition coefficient (Wildman–Crippen LogP) is 0.575. The molecule has 122 valence electrons. The average Bonchev–Trinajstić information content (AvgIpc) is 2.51. The van der Waals surface area contributed by atoms with Crippen molar-refractivity contribution in [1.82, 2.24) is 4.31 Å². The number of carboxylic acid groups (broad SMARTS) is 1. The van der Waals surface area contributed by atoms with E-state index in [0.717, 1.165) is 13.1 Å². The zero-order chi connectivity index (χ0) is 17.1. The van der Waals surface area contributed by atoms with Crippen LogP contribution in [-0.2, 0) is 19.6 Å². The Morgan fingerprint density at radius 2 is 1.86 bits per heavy atom. The lowest BCUT2D eigenvalue weighted by molar-refractivity contribution is -0.140. The smallest absolute Gasteiger partial charge is 0.337 e. The van der Waals surface area contributed by atoms with Gasteiger partial charge in [0.1, 0.15) is 16.7 Å². The molecule has 0 aliphatic heterocycles. The third-order valence-electron chi connectivity index (χ3n) is 3.14. The third kappa shape index (κ3) is 3.37. The number of esters is 1. The van der Waals surface area contributed by atoms with Gasteiger partial charge in [-0.15, -0.1) is 0 Å². The lowest BCUT2D eigenvalue weighted by atomic mass is 10.2. The molecule has 0 amide bonds. The number of carbonyl (C=O) groups is 2. The van der Waals surface area contributed by atoms with E-state index in [1.54, 1.807) is 0 Å². The summed E-state index contributed by atoms with van der Waals surface area (Å²) in [6.45, 7) is 1.23. The van der Waals surface area contributed by atoms with Crippen LogP contribution in [0.15, 0.2) is 23.1 Å². The standard InChI is InChI=1S/C13H17NO7S/c1-8(12(15)16)14(2)22(18,19)11-7-9(13(17)21-4)5-6-10(11)20-3/h5-8H,1-4H3,(H,15,16). The molecule has 1 atom stereocenters. The molecule has 0 radical (unpaired) electrons. The van der Waals surface area contributed by atoms with E-state index in [0.29, 0.717) is 4.31 Å². The number of methoxy groups -OCH3 is 2. The van der Waals surface area contributed by atoms with E-state index < -0.39 is 28.0 Å². The van der Waals surface area contributed by atoms with Crippen LogP contribution in [-0.4, -0.2) is 57.1 Å². The van der Waals surface area contributed by atoms with Gasteiger partial charge in [-0.05, 0) is 25.1 Å². The first kappa shape index (κ1) is 17.9. The number of likely N-dealkylation sites (N-methyl/N-ethyl adjacent to an activating group) is 1. The number of carbonyl (C=O) groups excluding carboxylic acids is 1. The number of hydrogen-bond donors (Lipinski definition) is 1. The van der Waals surface area contributed by atoms with Crippen molar-refractivity contribution in [2.75, 3.05) is 21.3 Å². The maximum absolute atomic E-state index is 12.6. The first-order chi connectivity index (χ1) is 10.2. The van der Waals surface area contributed by atoms with Crippen LogP contribution in [0.4, 0.5) is 0 Å². The molecule has 0 aliphatic rings. The molecule has 0 fully saturated rings. The number of nitrogens with zero attached hydrogens (tertiary/aromatic N) is 1. The lowest BCUT2D eigenvalue weighted by Gasteiger charge is -2.22. The number of ether oxygens (including phenoxy) is 2. The summed E-state index contributed by atoms with van der Waals surface area (Å²) in [5.41, 5.74) is 0.0123. The molecule has 1 aromatic carbocycles. The Morgan fingerprint density at radius 1 is 1.27 bits per heavy atom. The number of aliphatic carboxylic acids is 1. The summed E-state index contributed by atoms with van der Waals surface area (Å²) in [7, 11) is -0.597. The van der Waals surface area contributed by atoms with Crippen LogP contribution in [0, 0.1) is 0 Å². The molecule has 0 spiro atoms. The van der Waals surface area contributed by atoms with Gasteiger partial charge in [0, 0.05) is 7.05 Å². The largest absolute Gasteiger partial charge is 0.495 e. The van der Waals surface area contributed by atoms with Crippen LogP contribution in [0.3, 0.4) is 0 Å². The molecule has 1 unspecified atom stereocenters. The van der Waals surface area contributed by atoms with E-state index in [-0.39, 0.29) is 16.2 Å². The van der Waals surface area contributed by atoms with Gasteiger partial charge in [-0.2, -0.15) is 4.31 Å². The SMILES string of the molecule is COC(=O)c1ccc(OC)c(S(=O)(=O)N(C)C(C)C(=O)O)c1. The van der Waals surface area contributed by atoms with Gasteiger partial charge < -0.3 is 14.6 Å². The number of rotatable bonds is 6. The maximum Gasteiger partial charge on any atom is 0.337 e. The van der Waals surface area contributed by atoms with Gasteiger partial charge in [-0.25, -0.2) is 13.2 Å². The Balaban J connectivity index is 3.45. The highest BCUT2D eigenvalue weighted by atomic mass is 32.2. The van der Waals surface area contributed by atoms with Gasteiger partial charge >= 0.3 is 11.9 Å². The van der Waals surface area contributed by atoms with Gasteiger partial charge in [-0.1, -0.05) is 0 Å². The minimum absolute atomic E-state index is 0.00269. The molecule has 0 heterocycles. The van der Waals surface area contributed by atoms with E-state index in [1.165, 1.54) is 33.3 Å². The van der Waals surface area contributed by atoms with E-state index in [4.69, 9.17) is 9.84 Å². The van der Waals surface area contributed by atoms with Gasteiger partial charge in [0.15, 0.2) is 0 Å². The van der Waals surface area contributed by atoms with E-state index in [1.807, 2.05) is 0 Å². The van der Waals surface area contributed by atoms with Gasteiger partial charge in [0.05, 0.1) is 19.8 Å². The summed E-state index contributed by atoms with van der Waals surface area (Å²) in [6, 6.07) is 2.46. The molecular weight excluding hydrogens is 314 g/mol. The van der Waals surface area contributed by atoms with Crippen molar-refractivity contribution in [3.63, 3.8) is 0 Å². The molecule has 0 aliphatic carbocycles. The third-order valence-corrected chi connectivity index (χ3v) is 5.09. The number of benzene rings is 1.